The van der Waals surface area contributed by atoms with Gasteiger partial charge in [0.25, 0.3) is 0 Å². The highest BCUT2D eigenvalue weighted by molar-refractivity contribution is 5.68. The monoisotopic (exact) mass is 268 g/mol. The fourth-order valence-electron chi connectivity index (χ4n) is 3.20. The summed E-state index contributed by atoms with van der Waals surface area (Å²) in [7, 11) is 0. The molecule has 1 unspecified atom stereocenters. The van der Waals surface area contributed by atoms with Gasteiger partial charge in [0.05, 0.1) is 0 Å². The molecule has 1 atom stereocenters. The lowest BCUT2D eigenvalue weighted by molar-refractivity contribution is 0.0117. The van der Waals surface area contributed by atoms with Gasteiger partial charge in [-0.1, -0.05) is 0 Å². The summed E-state index contributed by atoms with van der Waals surface area (Å²) in [6.45, 7) is 9.80. The molecule has 2 fully saturated rings. The van der Waals surface area contributed by atoms with Crippen LogP contribution in [0, 0.1) is 11.8 Å². The van der Waals surface area contributed by atoms with E-state index in [1.807, 2.05) is 25.7 Å². The zero-order valence-corrected chi connectivity index (χ0v) is 12.6. The van der Waals surface area contributed by atoms with Crippen LogP contribution in [0.25, 0.3) is 0 Å². The van der Waals surface area contributed by atoms with E-state index in [-0.39, 0.29) is 6.09 Å². The van der Waals surface area contributed by atoms with Gasteiger partial charge in [0.2, 0.25) is 0 Å². The normalized spacial score (nSPS) is 26.3. The Morgan fingerprint density at radius 1 is 1.16 bits per heavy atom. The van der Waals surface area contributed by atoms with E-state index in [1.54, 1.807) is 0 Å². The van der Waals surface area contributed by atoms with E-state index in [9.17, 15) is 4.79 Å². The molecule has 0 aromatic rings. The maximum Gasteiger partial charge on any atom is 0.410 e. The van der Waals surface area contributed by atoms with Gasteiger partial charge in [0.15, 0.2) is 0 Å². The predicted octanol–water partition coefficient (Wildman–Crippen LogP) is 2.63. The van der Waals surface area contributed by atoms with Gasteiger partial charge < -0.3 is 15.0 Å². The van der Waals surface area contributed by atoms with Crippen molar-refractivity contribution in [3.8, 4) is 0 Å². The van der Waals surface area contributed by atoms with Crippen LogP contribution >= 0.6 is 0 Å². The zero-order chi connectivity index (χ0) is 13.9. The van der Waals surface area contributed by atoms with Gasteiger partial charge in [0.1, 0.15) is 5.60 Å². The first-order chi connectivity index (χ1) is 8.96. The van der Waals surface area contributed by atoms with E-state index in [2.05, 4.69) is 5.32 Å². The number of nitrogens with one attached hydrogen (secondary N) is 1. The molecule has 2 heterocycles. The minimum absolute atomic E-state index is 0.133. The Bertz CT molecular complexity index is 306. The number of nitrogens with zero attached hydrogens (tertiary/aromatic N) is 1. The summed E-state index contributed by atoms with van der Waals surface area (Å²) < 4.78 is 5.49. The number of hydrogen-bond donors (Lipinski definition) is 1. The molecule has 19 heavy (non-hydrogen) atoms. The van der Waals surface area contributed by atoms with Crippen LogP contribution in [0.3, 0.4) is 0 Å². The van der Waals surface area contributed by atoms with E-state index in [0.717, 1.165) is 38.5 Å². The molecule has 2 rings (SSSR count). The smallest absolute Gasteiger partial charge is 0.410 e. The highest BCUT2D eigenvalue weighted by atomic mass is 16.6. The van der Waals surface area contributed by atoms with Crippen LogP contribution in [0.4, 0.5) is 4.79 Å². The van der Waals surface area contributed by atoms with Crippen molar-refractivity contribution in [1.29, 1.82) is 0 Å². The van der Waals surface area contributed by atoms with E-state index >= 15 is 0 Å². The number of hydrogen-bond acceptors (Lipinski definition) is 3. The van der Waals surface area contributed by atoms with Crippen LogP contribution in [0.15, 0.2) is 0 Å². The number of piperidine rings is 2. The van der Waals surface area contributed by atoms with Crippen molar-refractivity contribution < 1.29 is 9.53 Å². The molecule has 0 aromatic heterocycles. The van der Waals surface area contributed by atoms with Gasteiger partial charge in [-0.2, -0.15) is 0 Å². The van der Waals surface area contributed by atoms with Crippen molar-refractivity contribution in [1.82, 2.24) is 10.2 Å². The Hall–Kier alpha value is -0.770. The SMILES string of the molecule is CC(C)(C)OC(=O)N1CCCC(C2CCNCC2)C1. The third-order valence-electron chi connectivity index (χ3n) is 4.16. The van der Waals surface area contributed by atoms with Crippen molar-refractivity contribution in [2.75, 3.05) is 26.2 Å². The molecule has 1 N–H and O–H groups in total. The number of ether oxygens (including phenoxy) is 1. The summed E-state index contributed by atoms with van der Waals surface area (Å²) in [5.41, 5.74) is -0.390. The van der Waals surface area contributed by atoms with Crippen LogP contribution in [0.1, 0.15) is 46.5 Å². The number of rotatable bonds is 1. The van der Waals surface area contributed by atoms with E-state index in [1.165, 1.54) is 19.3 Å². The number of carbonyl (C=O) groups is 1. The number of carbonyl (C=O) groups excluding carboxylic acids is 1. The highest BCUT2D eigenvalue weighted by Crippen LogP contribution is 2.30. The molecule has 0 aromatic carbocycles. The molecule has 0 bridgehead atoms. The van der Waals surface area contributed by atoms with Gasteiger partial charge in [-0.05, 0) is 71.4 Å². The molecule has 1 amide bonds. The lowest BCUT2D eigenvalue weighted by Gasteiger charge is -2.39. The van der Waals surface area contributed by atoms with Crippen molar-refractivity contribution in [3.63, 3.8) is 0 Å². The molecule has 4 heteroatoms. The topological polar surface area (TPSA) is 41.6 Å². The minimum atomic E-state index is -0.390. The van der Waals surface area contributed by atoms with Gasteiger partial charge in [-0.3, -0.25) is 0 Å². The maximum atomic E-state index is 12.1. The summed E-state index contributed by atoms with van der Waals surface area (Å²) in [6, 6.07) is 0. The highest BCUT2D eigenvalue weighted by Gasteiger charge is 2.32. The summed E-state index contributed by atoms with van der Waals surface area (Å²) >= 11 is 0. The first-order valence-corrected chi connectivity index (χ1v) is 7.64. The van der Waals surface area contributed by atoms with Crippen LogP contribution in [-0.4, -0.2) is 42.8 Å². The molecule has 2 aliphatic rings. The van der Waals surface area contributed by atoms with Crippen LogP contribution in [0.5, 0.6) is 0 Å². The molecule has 0 aliphatic carbocycles. The standard InChI is InChI=1S/C15H28N2O2/c1-15(2,3)19-14(18)17-10-4-5-13(11-17)12-6-8-16-9-7-12/h12-13,16H,4-11H2,1-3H3. The average Bonchev–Trinajstić information content (AvgIpc) is 2.38. The molecule has 0 radical (unpaired) electrons. The first-order valence-electron chi connectivity index (χ1n) is 7.64. The molecular weight excluding hydrogens is 240 g/mol. The number of amides is 1. The third-order valence-corrected chi connectivity index (χ3v) is 4.16. The maximum absolute atomic E-state index is 12.1. The fourth-order valence-corrected chi connectivity index (χ4v) is 3.20. The second-order valence-electron chi connectivity index (χ2n) is 6.92. The summed E-state index contributed by atoms with van der Waals surface area (Å²) in [5.74, 6) is 1.45. The summed E-state index contributed by atoms with van der Waals surface area (Å²) in [5, 5.41) is 3.41. The largest absolute Gasteiger partial charge is 0.444 e. The minimum Gasteiger partial charge on any atom is -0.444 e. The van der Waals surface area contributed by atoms with Gasteiger partial charge in [-0.15, -0.1) is 0 Å². The molecule has 110 valence electrons. The predicted molar refractivity (Wildman–Crippen MR) is 76.1 cm³/mol. The Morgan fingerprint density at radius 3 is 2.47 bits per heavy atom. The van der Waals surface area contributed by atoms with E-state index in [4.69, 9.17) is 4.74 Å². The molecule has 0 saturated carbocycles. The quantitative estimate of drug-likeness (QED) is 0.795. The van der Waals surface area contributed by atoms with Crippen molar-refractivity contribution >= 4 is 6.09 Å². The molecular formula is C15H28N2O2. The van der Waals surface area contributed by atoms with Crippen molar-refractivity contribution in [2.45, 2.75) is 52.1 Å². The summed E-state index contributed by atoms with van der Waals surface area (Å²) in [6.07, 6.45) is 4.77. The van der Waals surface area contributed by atoms with E-state index < -0.39 is 5.60 Å². The van der Waals surface area contributed by atoms with Crippen LogP contribution in [-0.2, 0) is 4.74 Å². The Labute approximate surface area is 116 Å². The van der Waals surface area contributed by atoms with E-state index in [0.29, 0.717) is 5.92 Å². The lowest BCUT2D eigenvalue weighted by Crippen LogP contribution is -2.45. The second kappa shape index (κ2) is 6.12. The van der Waals surface area contributed by atoms with Gasteiger partial charge in [0, 0.05) is 13.1 Å². The van der Waals surface area contributed by atoms with Gasteiger partial charge in [-0.25, -0.2) is 4.79 Å². The fraction of sp³-hybridized carbons (Fsp3) is 0.933. The molecule has 4 nitrogen and oxygen atoms in total. The Balaban J connectivity index is 1.87. The molecule has 2 saturated heterocycles. The van der Waals surface area contributed by atoms with Crippen molar-refractivity contribution in [2.24, 2.45) is 11.8 Å². The number of likely N-dealkylation sites (tertiary alicyclic amines) is 1. The molecule has 2 aliphatic heterocycles. The Morgan fingerprint density at radius 2 is 1.84 bits per heavy atom. The van der Waals surface area contributed by atoms with Crippen LogP contribution < -0.4 is 5.32 Å². The third kappa shape index (κ3) is 4.37. The zero-order valence-electron chi connectivity index (χ0n) is 12.6. The average molecular weight is 268 g/mol. The summed E-state index contributed by atoms with van der Waals surface area (Å²) in [4.78, 5) is 14.1. The Kier molecular flexibility index (Phi) is 4.71. The van der Waals surface area contributed by atoms with Gasteiger partial charge >= 0.3 is 6.09 Å². The van der Waals surface area contributed by atoms with Crippen molar-refractivity contribution in [3.05, 3.63) is 0 Å². The second-order valence-corrected chi connectivity index (χ2v) is 6.92. The lowest BCUT2D eigenvalue weighted by atomic mass is 9.80. The molecule has 0 spiro atoms. The first kappa shape index (κ1) is 14.6. The van der Waals surface area contributed by atoms with Crippen LogP contribution in [0.2, 0.25) is 0 Å².